The Kier molecular flexibility index (Phi) is 4.17. The summed E-state index contributed by atoms with van der Waals surface area (Å²) in [5.41, 5.74) is 0.0887. The molecule has 0 fully saturated rings. The normalized spacial score (nSPS) is 9.41. The summed E-state index contributed by atoms with van der Waals surface area (Å²) in [6, 6.07) is 0.938. The van der Waals surface area contributed by atoms with E-state index in [2.05, 4.69) is 16.6 Å². The van der Waals surface area contributed by atoms with Gasteiger partial charge in [0, 0.05) is 0 Å². The van der Waals surface area contributed by atoms with Crippen molar-refractivity contribution in [2.24, 2.45) is 0 Å². The second-order valence-corrected chi connectivity index (χ2v) is 3.23. The van der Waals surface area contributed by atoms with Gasteiger partial charge in [-0.05, 0) is 13.0 Å². The fourth-order valence-electron chi connectivity index (χ4n) is 1.20. The Morgan fingerprint density at radius 2 is 2.24 bits per heavy atom. The summed E-state index contributed by atoms with van der Waals surface area (Å²) in [6.45, 7) is 1.78. The topological polar surface area (TPSA) is 91.6 Å². The van der Waals surface area contributed by atoms with Crippen molar-refractivity contribution in [3.63, 3.8) is 0 Å². The van der Waals surface area contributed by atoms with Crippen LogP contribution < -0.4 is 10.6 Å². The van der Waals surface area contributed by atoms with E-state index >= 15 is 0 Å². The molecule has 0 saturated carbocycles. The summed E-state index contributed by atoms with van der Waals surface area (Å²) in [5.74, 6) is 1.87. The van der Waals surface area contributed by atoms with Gasteiger partial charge in [0.2, 0.25) is 0 Å². The maximum Gasteiger partial charge on any atom is 0.339 e. The molecule has 0 atom stereocenters. The SMILES string of the molecule is C#CCNC(=O)NCc1cc(C(=O)O)c(C)o1. The van der Waals surface area contributed by atoms with Crippen LogP contribution in [0.1, 0.15) is 21.9 Å². The molecule has 6 heteroatoms. The van der Waals surface area contributed by atoms with Crippen LogP contribution in [0.2, 0.25) is 0 Å². The lowest BCUT2D eigenvalue weighted by molar-refractivity contribution is 0.0695. The van der Waals surface area contributed by atoms with Gasteiger partial charge < -0.3 is 20.2 Å². The molecule has 6 nitrogen and oxygen atoms in total. The number of rotatable bonds is 4. The molecule has 0 bridgehead atoms. The number of furan rings is 1. The van der Waals surface area contributed by atoms with E-state index in [-0.39, 0.29) is 18.7 Å². The summed E-state index contributed by atoms with van der Waals surface area (Å²) < 4.78 is 5.17. The van der Waals surface area contributed by atoms with Crippen molar-refractivity contribution >= 4 is 12.0 Å². The van der Waals surface area contributed by atoms with Crippen LogP contribution in [-0.4, -0.2) is 23.7 Å². The highest BCUT2D eigenvalue weighted by molar-refractivity contribution is 5.88. The van der Waals surface area contributed by atoms with E-state index in [0.29, 0.717) is 11.5 Å². The summed E-state index contributed by atoms with van der Waals surface area (Å²) >= 11 is 0. The molecule has 0 aliphatic rings. The van der Waals surface area contributed by atoms with Crippen LogP contribution in [0.5, 0.6) is 0 Å². The number of carbonyl (C=O) groups excluding carboxylic acids is 1. The van der Waals surface area contributed by atoms with Crippen molar-refractivity contribution in [1.82, 2.24) is 10.6 Å². The number of carbonyl (C=O) groups is 2. The number of hydrogen-bond donors (Lipinski definition) is 3. The molecule has 0 spiro atoms. The standard InChI is InChI=1S/C11H12N2O4/c1-3-4-12-11(16)13-6-8-5-9(10(14)15)7(2)17-8/h1,5H,4,6H2,2H3,(H,14,15)(H2,12,13,16). The van der Waals surface area contributed by atoms with Crippen LogP contribution in [-0.2, 0) is 6.54 Å². The molecule has 3 N–H and O–H groups in total. The average molecular weight is 236 g/mol. The van der Waals surface area contributed by atoms with Crippen molar-refractivity contribution in [2.75, 3.05) is 6.54 Å². The van der Waals surface area contributed by atoms with Gasteiger partial charge in [-0.15, -0.1) is 6.42 Å². The largest absolute Gasteiger partial charge is 0.478 e. The predicted molar refractivity (Wildman–Crippen MR) is 59.5 cm³/mol. The van der Waals surface area contributed by atoms with Gasteiger partial charge in [-0.1, -0.05) is 5.92 Å². The van der Waals surface area contributed by atoms with Crippen LogP contribution in [0, 0.1) is 19.3 Å². The third-order valence-electron chi connectivity index (χ3n) is 1.97. The monoisotopic (exact) mass is 236 g/mol. The average Bonchev–Trinajstić information content (AvgIpc) is 2.65. The van der Waals surface area contributed by atoms with Crippen LogP contribution in [0.4, 0.5) is 4.79 Å². The zero-order chi connectivity index (χ0) is 12.8. The van der Waals surface area contributed by atoms with Crippen molar-refractivity contribution in [2.45, 2.75) is 13.5 Å². The highest BCUT2D eigenvalue weighted by atomic mass is 16.4. The maximum atomic E-state index is 11.1. The molecule has 0 aliphatic carbocycles. The first kappa shape index (κ1) is 12.6. The van der Waals surface area contributed by atoms with Crippen LogP contribution >= 0.6 is 0 Å². The van der Waals surface area contributed by atoms with Crippen molar-refractivity contribution in [3.8, 4) is 12.3 Å². The van der Waals surface area contributed by atoms with Gasteiger partial charge in [0.15, 0.2) is 0 Å². The van der Waals surface area contributed by atoms with E-state index in [9.17, 15) is 9.59 Å². The number of nitrogens with one attached hydrogen (secondary N) is 2. The first-order chi connectivity index (χ1) is 8.04. The fraction of sp³-hybridized carbons (Fsp3) is 0.273. The zero-order valence-electron chi connectivity index (χ0n) is 9.24. The molecule has 1 rings (SSSR count). The number of urea groups is 1. The van der Waals surface area contributed by atoms with E-state index < -0.39 is 12.0 Å². The Hall–Kier alpha value is -2.42. The molecule has 1 heterocycles. The summed E-state index contributed by atoms with van der Waals surface area (Å²) in [6.07, 6.45) is 4.96. The third-order valence-corrected chi connectivity index (χ3v) is 1.97. The summed E-state index contributed by atoms with van der Waals surface area (Å²) in [5, 5.41) is 13.7. The van der Waals surface area contributed by atoms with Crippen molar-refractivity contribution in [1.29, 1.82) is 0 Å². The minimum atomic E-state index is -1.06. The zero-order valence-corrected chi connectivity index (χ0v) is 9.24. The Labute approximate surface area is 98.0 Å². The lowest BCUT2D eigenvalue weighted by atomic mass is 10.2. The predicted octanol–water partition coefficient (Wildman–Crippen LogP) is 0.719. The van der Waals surface area contributed by atoms with Gasteiger partial charge in [0.25, 0.3) is 0 Å². The van der Waals surface area contributed by atoms with E-state index in [1.54, 1.807) is 6.92 Å². The molecule has 90 valence electrons. The maximum absolute atomic E-state index is 11.1. The number of terminal acetylenes is 1. The highest BCUT2D eigenvalue weighted by Crippen LogP contribution is 2.14. The van der Waals surface area contributed by atoms with Gasteiger partial charge in [0.05, 0.1) is 13.1 Å². The number of carboxylic acids is 1. The Balaban J connectivity index is 2.53. The van der Waals surface area contributed by atoms with Gasteiger partial charge in [-0.3, -0.25) is 0 Å². The number of carboxylic acid groups (broad SMARTS) is 1. The molecule has 1 aromatic rings. The lowest BCUT2D eigenvalue weighted by Crippen LogP contribution is -2.35. The minimum Gasteiger partial charge on any atom is -0.478 e. The molecule has 0 aliphatic heterocycles. The first-order valence-corrected chi connectivity index (χ1v) is 4.82. The van der Waals surface area contributed by atoms with Crippen LogP contribution in [0.3, 0.4) is 0 Å². The number of amides is 2. The van der Waals surface area contributed by atoms with E-state index in [1.807, 2.05) is 0 Å². The highest BCUT2D eigenvalue weighted by Gasteiger charge is 2.13. The molecular formula is C11H12N2O4. The second kappa shape index (κ2) is 5.61. The summed E-state index contributed by atoms with van der Waals surface area (Å²) in [7, 11) is 0. The van der Waals surface area contributed by atoms with Crippen LogP contribution in [0.15, 0.2) is 10.5 Å². The fourth-order valence-corrected chi connectivity index (χ4v) is 1.20. The lowest BCUT2D eigenvalue weighted by Gasteiger charge is -2.02. The Morgan fingerprint density at radius 1 is 1.53 bits per heavy atom. The van der Waals surface area contributed by atoms with Gasteiger partial charge in [0.1, 0.15) is 17.1 Å². The van der Waals surface area contributed by atoms with Gasteiger partial charge in [-0.25, -0.2) is 9.59 Å². The third kappa shape index (κ3) is 3.57. The van der Waals surface area contributed by atoms with E-state index in [1.165, 1.54) is 6.07 Å². The molecule has 0 aromatic carbocycles. The molecule has 0 saturated heterocycles. The Morgan fingerprint density at radius 3 is 2.76 bits per heavy atom. The summed E-state index contributed by atoms with van der Waals surface area (Å²) in [4.78, 5) is 21.9. The van der Waals surface area contributed by atoms with Crippen LogP contribution in [0.25, 0.3) is 0 Å². The van der Waals surface area contributed by atoms with E-state index in [0.717, 1.165) is 0 Å². The first-order valence-electron chi connectivity index (χ1n) is 4.82. The number of aromatic carboxylic acids is 1. The second-order valence-electron chi connectivity index (χ2n) is 3.23. The van der Waals surface area contributed by atoms with Gasteiger partial charge in [-0.2, -0.15) is 0 Å². The van der Waals surface area contributed by atoms with Gasteiger partial charge >= 0.3 is 12.0 Å². The molecular weight excluding hydrogens is 224 g/mol. The quantitative estimate of drug-likeness (QED) is 0.672. The molecule has 17 heavy (non-hydrogen) atoms. The molecule has 0 radical (unpaired) electrons. The number of hydrogen-bond acceptors (Lipinski definition) is 3. The van der Waals surface area contributed by atoms with Crippen molar-refractivity contribution < 1.29 is 19.1 Å². The molecule has 2 amide bonds. The number of aryl methyl sites for hydroxylation is 1. The molecule has 0 unspecified atom stereocenters. The van der Waals surface area contributed by atoms with E-state index in [4.69, 9.17) is 15.9 Å². The smallest absolute Gasteiger partial charge is 0.339 e. The molecule has 1 aromatic heterocycles. The minimum absolute atomic E-state index is 0.0887. The van der Waals surface area contributed by atoms with Crippen molar-refractivity contribution in [3.05, 3.63) is 23.2 Å². The Bertz CT molecular complexity index is 470.